The second-order valence-electron chi connectivity index (χ2n) is 5.41. The highest BCUT2D eigenvalue weighted by atomic mass is 35.5. The Labute approximate surface area is 154 Å². The third-order valence-corrected chi connectivity index (χ3v) is 5.16. The summed E-state index contributed by atoms with van der Waals surface area (Å²) >= 11 is 6.98. The van der Waals surface area contributed by atoms with Gasteiger partial charge in [-0.2, -0.15) is 0 Å². The second kappa shape index (κ2) is 7.37. The van der Waals surface area contributed by atoms with Gasteiger partial charge in [0.05, 0.1) is 25.2 Å². The van der Waals surface area contributed by atoms with E-state index in [9.17, 15) is 9.59 Å². The van der Waals surface area contributed by atoms with Crippen molar-refractivity contribution in [3.63, 3.8) is 0 Å². The fourth-order valence-electron chi connectivity index (χ4n) is 2.66. The first-order valence-electron chi connectivity index (χ1n) is 7.54. The third-order valence-electron chi connectivity index (χ3n) is 3.89. The van der Waals surface area contributed by atoms with Gasteiger partial charge >= 0.3 is 0 Å². The van der Waals surface area contributed by atoms with Crippen LogP contribution >= 0.6 is 23.4 Å². The maximum atomic E-state index is 12.7. The summed E-state index contributed by atoms with van der Waals surface area (Å²) in [6.07, 6.45) is 0.388. The lowest BCUT2D eigenvalue weighted by Gasteiger charge is -2.15. The fraction of sp³-hybridized carbons (Fsp3) is 0.222. The summed E-state index contributed by atoms with van der Waals surface area (Å²) in [5.74, 6) is 1.04. The van der Waals surface area contributed by atoms with Crippen molar-refractivity contribution >= 4 is 40.2 Å². The summed E-state index contributed by atoms with van der Waals surface area (Å²) in [7, 11) is 3.14. The molecule has 130 valence electrons. The molecule has 0 aromatic heterocycles. The molecule has 7 heteroatoms. The highest BCUT2D eigenvalue weighted by Gasteiger charge is 2.40. The number of rotatable bonds is 5. The minimum absolute atomic E-state index is 0.255. The first kappa shape index (κ1) is 17.6. The lowest BCUT2D eigenvalue weighted by atomic mass is 10.1. The quantitative estimate of drug-likeness (QED) is 0.782. The zero-order chi connectivity index (χ0) is 18.0. The molecule has 2 aromatic rings. The SMILES string of the molecule is COc1ccc(C[C@@H]2SC(=O)N(c3cccc(Cl)c3)C2=O)c(OC)c1. The lowest BCUT2D eigenvalue weighted by molar-refractivity contribution is -0.117. The number of anilines is 1. The number of imide groups is 1. The van der Waals surface area contributed by atoms with Crippen molar-refractivity contribution in [3.8, 4) is 11.5 Å². The van der Waals surface area contributed by atoms with E-state index in [1.807, 2.05) is 6.07 Å². The summed E-state index contributed by atoms with van der Waals surface area (Å²) in [5.41, 5.74) is 1.33. The van der Waals surface area contributed by atoms with Crippen LogP contribution in [0.1, 0.15) is 5.56 Å². The van der Waals surface area contributed by atoms with Gasteiger partial charge in [-0.05, 0) is 36.2 Å². The molecule has 25 heavy (non-hydrogen) atoms. The molecule has 5 nitrogen and oxygen atoms in total. The molecule has 1 aliphatic heterocycles. The average Bonchev–Trinajstić information content (AvgIpc) is 2.88. The molecule has 0 saturated carbocycles. The molecule has 2 aromatic carbocycles. The van der Waals surface area contributed by atoms with Crippen LogP contribution in [0, 0.1) is 0 Å². The molecular weight excluding hydrogens is 362 g/mol. The number of thioether (sulfide) groups is 1. The Balaban J connectivity index is 1.83. The predicted molar refractivity (Wildman–Crippen MR) is 99.0 cm³/mol. The van der Waals surface area contributed by atoms with Crippen molar-refractivity contribution in [1.29, 1.82) is 0 Å². The third kappa shape index (κ3) is 3.60. The van der Waals surface area contributed by atoms with E-state index in [4.69, 9.17) is 21.1 Å². The van der Waals surface area contributed by atoms with Crippen LogP contribution in [0.25, 0.3) is 0 Å². The molecule has 2 amide bonds. The van der Waals surface area contributed by atoms with Gasteiger partial charge in [0.1, 0.15) is 11.5 Å². The van der Waals surface area contributed by atoms with E-state index in [1.54, 1.807) is 50.6 Å². The van der Waals surface area contributed by atoms with Gasteiger partial charge in [-0.3, -0.25) is 9.59 Å². The van der Waals surface area contributed by atoms with Crippen molar-refractivity contribution in [2.24, 2.45) is 0 Å². The molecule has 1 saturated heterocycles. The Morgan fingerprint density at radius 2 is 1.92 bits per heavy atom. The molecule has 0 unspecified atom stereocenters. The number of amides is 2. The number of hydrogen-bond acceptors (Lipinski definition) is 5. The molecule has 1 aliphatic rings. The van der Waals surface area contributed by atoms with E-state index in [1.165, 1.54) is 4.90 Å². The Morgan fingerprint density at radius 3 is 2.60 bits per heavy atom. The zero-order valence-corrected chi connectivity index (χ0v) is 15.3. The average molecular weight is 378 g/mol. The van der Waals surface area contributed by atoms with Gasteiger partial charge in [-0.25, -0.2) is 4.90 Å². The number of ether oxygens (including phenoxy) is 2. The van der Waals surface area contributed by atoms with Crippen LogP contribution in [0.3, 0.4) is 0 Å². The first-order valence-corrected chi connectivity index (χ1v) is 8.80. The lowest BCUT2D eigenvalue weighted by Crippen LogP contribution is -2.32. The maximum Gasteiger partial charge on any atom is 0.293 e. The van der Waals surface area contributed by atoms with Gasteiger partial charge in [0.15, 0.2) is 0 Å². The highest BCUT2D eigenvalue weighted by molar-refractivity contribution is 8.15. The van der Waals surface area contributed by atoms with Crippen molar-refractivity contribution in [2.75, 3.05) is 19.1 Å². The normalized spacial score (nSPS) is 17.1. The number of halogens is 1. The van der Waals surface area contributed by atoms with Gasteiger partial charge in [0.25, 0.3) is 5.24 Å². The maximum absolute atomic E-state index is 12.7. The summed E-state index contributed by atoms with van der Waals surface area (Å²) in [6, 6.07) is 12.1. The number of nitrogens with zero attached hydrogens (tertiary/aromatic N) is 1. The molecular formula is C18H16ClNO4S. The first-order chi connectivity index (χ1) is 12.0. The van der Waals surface area contributed by atoms with Gasteiger partial charge < -0.3 is 9.47 Å². The van der Waals surface area contributed by atoms with Crippen molar-refractivity contribution < 1.29 is 19.1 Å². The Kier molecular flexibility index (Phi) is 5.20. The van der Waals surface area contributed by atoms with E-state index in [-0.39, 0.29) is 11.1 Å². The smallest absolute Gasteiger partial charge is 0.293 e. The topological polar surface area (TPSA) is 55.8 Å². The standard InChI is InChI=1S/C18H16ClNO4S/c1-23-14-7-6-11(15(10-14)24-2)8-16-17(21)20(18(22)25-16)13-5-3-4-12(19)9-13/h3-7,9-10,16H,8H2,1-2H3/t16-/m0/s1. The Morgan fingerprint density at radius 1 is 1.12 bits per heavy atom. The summed E-state index contributed by atoms with van der Waals surface area (Å²) in [5, 5.41) is -0.332. The number of hydrogen-bond donors (Lipinski definition) is 0. The largest absolute Gasteiger partial charge is 0.497 e. The van der Waals surface area contributed by atoms with Crippen LogP contribution in [-0.4, -0.2) is 30.6 Å². The van der Waals surface area contributed by atoms with Crippen molar-refractivity contribution in [2.45, 2.75) is 11.7 Å². The summed E-state index contributed by atoms with van der Waals surface area (Å²) < 4.78 is 10.5. The minimum Gasteiger partial charge on any atom is -0.497 e. The van der Waals surface area contributed by atoms with Crippen LogP contribution in [0.2, 0.25) is 5.02 Å². The van der Waals surface area contributed by atoms with Crippen molar-refractivity contribution in [1.82, 2.24) is 0 Å². The van der Waals surface area contributed by atoms with Crippen LogP contribution in [0.4, 0.5) is 10.5 Å². The van der Waals surface area contributed by atoms with E-state index in [0.29, 0.717) is 28.6 Å². The molecule has 1 fully saturated rings. The zero-order valence-electron chi connectivity index (χ0n) is 13.7. The fourth-order valence-corrected chi connectivity index (χ4v) is 3.85. The molecule has 0 bridgehead atoms. The van der Waals surface area contributed by atoms with Gasteiger partial charge in [-0.15, -0.1) is 0 Å². The van der Waals surface area contributed by atoms with Gasteiger partial charge in [0.2, 0.25) is 5.91 Å². The Bertz CT molecular complexity index is 826. The van der Waals surface area contributed by atoms with E-state index in [2.05, 4.69) is 0 Å². The molecule has 3 rings (SSSR count). The van der Waals surface area contributed by atoms with E-state index >= 15 is 0 Å². The monoisotopic (exact) mass is 377 g/mol. The van der Waals surface area contributed by atoms with Crippen LogP contribution in [0.5, 0.6) is 11.5 Å². The van der Waals surface area contributed by atoms with Crippen LogP contribution in [-0.2, 0) is 11.2 Å². The minimum atomic E-state index is -0.506. The van der Waals surface area contributed by atoms with E-state index in [0.717, 1.165) is 17.3 Å². The molecule has 0 aliphatic carbocycles. The number of carbonyl (C=O) groups excluding carboxylic acids is 2. The van der Waals surface area contributed by atoms with Crippen LogP contribution in [0.15, 0.2) is 42.5 Å². The predicted octanol–water partition coefficient (Wildman–Crippen LogP) is 4.17. The van der Waals surface area contributed by atoms with E-state index < -0.39 is 5.25 Å². The summed E-state index contributed by atoms with van der Waals surface area (Å²) in [4.78, 5) is 26.2. The van der Waals surface area contributed by atoms with Gasteiger partial charge in [0, 0.05) is 11.1 Å². The number of carbonyl (C=O) groups is 2. The highest BCUT2D eigenvalue weighted by Crippen LogP contribution is 2.36. The molecule has 1 atom stereocenters. The number of benzene rings is 2. The molecule has 1 heterocycles. The Hall–Kier alpha value is -2.18. The second-order valence-corrected chi connectivity index (χ2v) is 7.00. The van der Waals surface area contributed by atoms with Crippen molar-refractivity contribution in [3.05, 3.63) is 53.1 Å². The number of methoxy groups -OCH3 is 2. The summed E-state index contributed by atoms with van der Waals surface area (Å²) in [6.45, 7) is 0. The molecule has 0 radical (unpaired) electrons. The molecule has 0 spiro atoms. The van der Waals surface area contributed by atoms with Gasteiger partial charge in [-0.1, -0.05) is 35.5 Å². The molecule has 0 N–H and O–H groups in total. The van der Waals surface area contributed by atoms with Crippen LogP contribution < -0.4 is 14.4 Å².